The number of benzene rings is 1. The zero-order chi connectivity index (χ0) is 20.7. The molecule has 1 aliphatic rings. The van der Waals surface area contributed by atoms with E-state index in [9.17, 15) is 8.42 Å². The van der Waals surface area contributed by atoms with Gasteiger partial charge in [0.25, 0.3) is 10.0 Å². The third-order valence-electron chi connectivity index (χ3n) is 4.93. The van der Waals surface area contributed by atoms with Crippen molar-refractivity contribution in [3.8, 4) is 5.88 Å². The molecule has 150 valence electrons. The normalized spacial score (nSPS) is 18.1. The van der Waals surface area contributed by atoms with Crippen LogP contribution < -0.4 is 14.9 Å². The van der Waals surface area contributed by atoms with E-state index in [-0.39, 0.29) is 15.8 Å². The lowest BCUT2D eigenvalue weighted by molar-refractivity contribution is 0.00578. The molecule has 28 heavy (non-hydrogen) atoms. The maximum atomic E-state index is 12.8. The van der Waals surface area contributed by atoms with E-state index in [2.05, 4.69) is 9.71 Å². The standard InChI is InChI=1S/C18H22BClN2O5S/c1-17(2)18(3,4)27-19(26-17)12-7-6-8-14(9-12)22-28(23,24)15-10-13(20)11-21-16(15)25-5/h6-11,22H,1-5H3. The van der Waals surface area contributed by atoms with Gasteiger partial charge in [-0.05, 0) is 51.4 Å². The van der Waals surface area contributed by atoms with Gasteiger partial charge in [-0.25, -0.2) is 13.4 Å². The number of sulfonamides is 1. The molecule has 2 heterocycles. The van der Waals surface area contributed by atoms with Gasteiger partial charge in [-0.2, -0.15) is 0 Å². The van der Waals surface area contributed by atoms with Crippen molar-refractivity contribution in [2.75, 3.05) is 11.8 Å². The first-order valence-electron chi connectivity index (χ1n) is 8.63. The van der Waals surface area contributed by atoms with Gasteiger partial charge in [0.2, 0.25) is 5.88 Å². The summed E-state index contributed by atoms with van der Waals surface area (Å²) in [6, 6.07) is 8.14. The van der Waals surface area contributed by atoms with Crippen LogP contribution in [0.2, 0.25) is 5.02 Å². The first-order chi connectivity index (χ1) is 12.9. The minimum atomic E-state index is -3.97. The number of hydrogen-bond acceptors (Lipinski definition) is 6. The van der Waals surface area contributed by atoms with Crippen molar-refractivity contribution in [3.05, 3.63) is 41.6 Å². The van der Waals surface area contributed by atoms with Crippen molar-refractivity contribution < 1.29 is 22.5 Å². The Hall–Kier alpha value is -1.81. The van der Waals surface area contributed by atoms with E-state index in [1.807, 2.05) is 33.8 Å². The molecule has 10 heteroatoms. The van der Waals surface area contributed by atoms with Crippen LogP contribution in [-0.4, -0.2) is 38.8 Å². The van der Waals surface area contributed by atoms with Gasteiger partial charge in [-0.3, -0.25) is 4.72 Å². The zero-order valence-corrected chi connectivity index (χ0v) is 17.9. The van der Waals surface area contributed by atoms with Crippen LogP contribution in [0.3, 0.4) is 0 Å². The monoisotopic (exact) mass is 424 g/mol. The Morgan fingerprint density at radius 2 is 1.79 bits per heavy atom. The quantitative estimate of drug-likeness (QED) is 0.743. The van der Waals surface area contributed by atoms with Crippen LogP contribution in [0.4, 0.5) is 5.69 Å². The van der Waals surface area contributed by atoms with E-state index in [1.165, 1.54) is 19.4 Å². The summed E-state index contributed by atoms with van der Waals surface area (Å²) < 4.78 is 45.3. The average Bonchev–Trinajstić information content (AvgIpc) is 2.82. The second kappa shape index (κ2) is 7.22. The van der Waals surface area contributed by atoms with Crippen LogP contribution >= 0.6 is 11.6 Å². The van der Waals surface area contributed by atoms with Crippen molar-refractivity contribution in [2.45, 2.75) is 43.8 Å². The van der Waals surface area contributed by atoms with Gasteiger partial charge in [0.05, 0.1) is 23.3 Å². The van der Waals surface area contributed by atoms with E-state index >= 15 is 0 Å². The molecule has 0 atom stereocenters. The van der Waals surface area contributed by atoms with Crippen LogP contribution in [-0.2, 0) is 19.3 Å². The fraction of sp³-hybridized carbons (Fsp3) is 0.389. The first-order valence-corrected chi connectivity index (χ1v) is 10.5. The van der Waals surface area contributed by atoms with Crippen LogP contribution in [0, 0.1) is 0 Å². The molecule has 0 unspecified atom stereocenters. The highest BCUT2D eigenvalue weighted by Crippen LogP contribution is 2.36. The van der Waals surface area contributed by atoms with Gasteiger partial charge in [0.15, 0.2) is 4.90 Å². The van der Waals surface area contributed by atoms with Crippen LogP contribution in [0.15, 0.2) is 41.4 Å². The maximum Gasteiger partial charge on any atom is 0.494 e. The van der Waals surface area contributed by atoms with Crippen molar-refractivity contribution in [3.63, 3.8) is 0 Å². The highest BCUT2D eigenvalue weighted by Gasteiger charge is 2.51. The van der Waals surface area contributed by atoms with E-state index < -0.39 is 28.3 Å². The number of hydrogen-bond donors (Lipinski definition) is 1. The second-order valence-electron chi connectivity index (χ2n) is 7.48. The lowest BCUT2D eigenvalue weighted by Gasteiger charge is -2.32. The van der Waals surface area contributed by atoms with Gasteiger partial charge in [0.1, 0.15) is 0 Å². The number of rotatable bonds is 5. The SMILES string of the molecule is COc1ncc(Cl)cc1S(=O)(=O)Nc1cccc(B2OC(C)(C)C(C)(C)O2)c1. The molecule has 3 rings (SSSR count). The lowest BCUT2D eigenvalue weighted by atomic mass is 9.79. The Labute approximate surface area is 170 Å². The highest BCUT2D eigenvalue weighted by molar-refractivity contribution is 7.92. The Morgan fingerprint density at radius 3 is 2.39 bits per heavy atom. The molecule has 1 aliphatic heterocycles. The van der Waals surface area contributed by atoms with Gasteiger partial charge in [0, 0.05) is 11.9 Å². The van der Waals surface area contributed by atoms with Crippen LogP contribution in [0.25, 0.3) is 0 Å². The summed E-state index contributed by atoms with van der Waals surface area (Å²) in [5, 5.41) is 0.187. The van der Waals surface area contributed by atoms with Crippen molar-refractivity contribution >= 4 is 39.9 Å². The summed E-state index contributed by atoms with van der Waals surface area (Å²) in [6.45, 7) is 7.83. The first kappa shape index (κ1) is 20.9. The molecule has 7 nitrogen and oxygen atoms in total. The smallest absolute Gasteiger partial charge is 0.480 e. The third kappa shape index (κ3) is 3.98. The topological polar surface area (TPSA) is 86.8 Å². The van der Waals surface area contributed by atoms with Gasteiger partial charge in [-0.1, -0.05) is 23.7 Å². The molecule has 1 fully saturated rings. The van der Waals surface area contributed by atoms with Crippen LogP contribution in [0.5, 0.6) is 5.88 Å². The minimum absolute atomic E-state index is 0.0426. The lowest BCUT2D eigenvalue weighted by Crippen LogP contribution is -2.41. The van der Waals surface area contributed by atoms with Crippen LogP contribution in [0.1, 0.15) is 27.7 Å². The van der Waals surface area contributed by atoms with Gasteiger partial charge in [-0.15, -0.1) is 0 Å². The second-order valence-corrected chi connectivity index (χ2v) is 9.57. The molecule has 0 spiro atoms. The maximum absolute atomic E-state index is 12.8. The number of aromatic nitrogens is 1. The molecular weight excluding hydrogens is 403 g/mol. The molecule has 1 N–H and O–H groups in total. The molecule has 2 aromatic rings. The van der Waals surface area contributed by atoms with Crippen molar-refractivity contribution in [2.24, 2.45) is 0 Å². The summed E-state index contributed by atoms with van der Waals surface area (Å²) in [5.74, 6) is -0.0426. The molecule has 0 amide bonds. The Morgan fingerprint density at radius 1 is 1.14 bits per heavy atom. The zero-order valence-electron chi connectivity index (χ0n) is 16.3. The van der Waals surface area contributed by atoms with Gasteiger partial charge < -0.3 is 14.0 Å². The molecule has 0 aliphatic carbocycles. The van der Waals surface area contributed by atoms with Crippen molar-refractivity contribution in [1.82, 2.24) is 4.98 Å². The number of ether oxygens (including phenoxy) is 1. The summed E-state index contributed by atoms with van der Waals surface area (Å²) in [7, 11) is -3.23. The number of nitrogens with one attached hydrogen (secondary N) is 1. The van der Waals surface area contributed by atoms with E-state index in [4.69, 9.17) is 25.6 Å². The minimum Gasteiger partial charge on any atom is -0.480 e. The fourth-order valence-corrected chi connectivity index (χ4v) is 4.11. The largest absolute Gasteiger partial charge is 0.494 e. The Bertz CT molecular complexity index is 981. The predicted octanol–water partition coefficient (Wildman–Crippen LogP) is 2.84. The Balaban J connectivity index is 1.89. The molecule has 1 saturated heterocycles. The molecule has 0 bridgehead atoms. The molecule has 0 radical (unpaired) electrons. The van der Waals surface area contributed by atoms with E-state index in [0.717, 1.165) is 0 Å². The molecule has 0 saturated carbocycles. The number of methoxy groups -OCH3 is 1. The number of nitrogens with zero attached hydrogens (tertiary/aromatic N) is 1. The van der Waals surface area contributed by atoms with Gasteiger partial charge >= 0.3 is 7.12 Å². The predicted molar refractivity (Wildman–Crippen MR) is 109 cm³/mol. The number of pyridine rings is 1. The molecule has 1 aromatic heterocycles. The van der Waals surface area contributed by atoms with E-state index in [1.54, 1.807) is 18.2 Å². The molecule has 1 aromatic carbocycles. The average molecular weight is 425 g/mol. The number of anilines is 1. The summed E-state index contributed by atoms with van der Waals surface area (Å²) >= 11 is 5.90. The van der Waals surface area contributed by atoms with E-state index in [0.29, 0.717) is 11.2 Å². The van der Waals surface area contributed by atoms with Crippen molar-refractivity contribution in [1.29, 1.82) is 0 Å². The molecular formula is C18H22BClN2O5S. The Kier molecular flexibility index (Phi) is 5.39. The third-order valence-corrected chi connectivity index (χ3v) is 6.51. The summed E-state index contributed by atoms with van der Waals surface area (Å²) in [6.07, 6.45) is 1.32. The number of halogens is 1. The fourth-order valence-electron chi connectivity index (χ4n) is 2.69. The summed E-state index contributed by atoms with van der Waals surface area (Å²) in [5.41, 5.74) is 0.0734. The highest BCUT2D eigenvalue weighted by atomic mass is 35.5. The summed E-state index contributed by atoms with van der Waals surface area (Å²) in [4.78, 5) is 3.75.